The topological polar surface area (TPSA) is 113 Å². The van der Waals surface area contributed by atoms with E-state index in [1.807, 2.05) is 0 Å². The van der Waals surface area contributed by atoms with Crippen molar-refractivity contribution in [3.8, 4) is 0 Å². The van der Waals surface area contributed by atoms with Crippen LogP contribution in [0, 0.1) is 10.1 Å². The normalized spacial score (nSPS) is 10.8. The first-order chi connectivity index (χ1) is 11.9. The van der Waals surface area contributed by atoms with Gasteiger partial charge in [-0.3, -0.25) is 19.7 Å². The Bertz CT molecular complexity index is 1030. The van der Waals surface area contributed by atoms with E-state index >= 15 is 0 Å². The Kier molecular flexibility index (Phi) is 4.24. The van der Waals surface area contributed by atoms with Gasteiger partial charge in [0, 0.05) is 27.6 Å². The predicted octanol–water partition coefficient (Wildman–Crippen LogP) is 3.59. The molecular weight excluding hydrogens is 348 g/mol. The second-order valence-electron chi connectivity index (χ2n) is 5.34. The van der Waals surface area contributed by atoms with Crippen LogP contribution in [-0.4, -0.2) is 26.8 Å². The number of hydrogen-bond acceptors (Lipinski definition) is 4. The highest BCUT2D eigenvalue weighted by atomic mass is 35.5. The molecule has 0 bridgehead atoms. The zero-order chi connectivity index (χ0) is 18.1. The smallest absolute Gasteiger partial charge is 0.307 e. The maximum Gasteiger partial charge on any atom is 0.307 e. The number of aromatic nitrogens is 1. The van der Waals surface area contributed by atoms with Crippen molar-refractivity contribution in [2.24, 2.45) is 0 Å². The Balaban J connectivity index is 2.22. The summed E-state index contributed by atoms with van der Waals surface area (Å²) in [6, 6.07) is 10.3. The molecule has 0 aliphatic rings. The summed E-state index contributed by atoms with van der Waals surface area (Å²) in [4.78, 5) is 37.4. The summed E-state index contributed by atoms with van der Waals surface area (Å²) in [7, 11) is 0. The lowest BCUT2D eigenvalue weighted by molar-refractivity contribution is -0.385. The van der Waals surface area contributed by atoms with Crippen LogP contribution in [0.5, 0.6) is 0 Å². The van der Waals surface area contributed by atoms with Crippen molar-refractivity contribution in [2.75, 3.05) is 0 Å². The lowest BCUT2D eigenvalue weighted by Gasteiger charge is -2.03. The van der Waals surface area contributed by atoms with E-state index in [4.69, 9.17) is 16.7 Å². The first-order valence-electron chi connectivity index (χ1n) is 7.18. The molecule has 25 heavy (non-hydrogen) atoms. The maximum absolute atomic E-state index is 12.9. The van der Waals surface area contributed by atoms with E-state index < -0.39 is 23.1 Å². The quantitative estimate of drug-likeness (QED) is 0.411. The third kappa shape index (κ3) is 3.09. The van der Waals surface area contributed by atoms with E-state index in [0.29, 0.717) is 15.9 Å². The van der Waals surface area contributed by atoms with E-state index in [9.17, 15) is 19.7 Å². The Hall–Kier alpha value is -3.19. The highest BCUT2D eigenvalue weighted by Crippen LogP contribution is 2.29. The molecule has 0 amide bonds. The number of nitro groups is 1. The Labute approximate surface area is 146 Å². The second-order valence-corrected chi connectivity index (χ2v) is 5.78. The molecule has 0 spiro atoms. The molecule has 3 rings (SSSR count). The number of ketones is 1. The molecule has 3 aromatic rings. The molecule has 0 fully saturated rings. The molecule has 0 saturated heterocycles. The summed E-state index contributed by atoms with van der Waals surface area (Å²) < 4.78 is 0. The number of nitrogens with one attached hydrogen (secondary N) is 1. The van der Waals surface area contributed by atoms with Crippen LogP contribution in [0.15, 0.2) is 42.5 Å². The average Bonchev–Trinajstić information content (AvgIpc) is 2.91. The summed E-state index contributed by atoms with van der Waals surface area (Å²) in [6.07, 6.45) is -0.399. The molecule has 8 heteroatoms. The SMILES string of the molecule is O=C(O)Cc1c(C(=O)c2ccccc2[N+](=O)[O-])[nH]c2cc(Cl)ccc12. The number of carboxylic acid groups (broad SMARTS) is 1. The lowest BCUT2D eigenvalue weighted by atomic mass is 10.0. The van der Waals surface area contributed by atoms with Gasteiger partial charge in [0.15, 0.2) is 0 Å². The van der Waals surface area contributed by atoms with Crippen molar-refractivity contribution in [1.82, 2.24) is 4.98 Å². The van der Waals surface area contributed by atoms with Crippen molar-refractivity contribution < 1.29 is 19.6 Å². The Morgan fingerprint density at radius 3 is 2.60 bits per heavy atom. The number of H-pyrrole nitrogens is 1. The van der Waals surface area contributed by atoms with Gasteiger partial charge in [0.05, 0.1) is 17.0 Å². The molecule has 0 atom stereocenters. The molecule has 1 heterocycles. The highest BCUT2D eigenvalue weighted by molar-refractivity contribution is 6.31. The van der Waals surface area contributed by atoms with E-state index in [0.717, 1.165) is 0 Å². The van der Waals surface area contributed by atoms with Gasteiger partial charge in [-0.05, 0) is 18.2 Å². The summed E-state index contributed by atoms with van der Waals surface area (Å²) >= 11 is 5.94. The van der Waals surface area contributed by atoms with Gasteiger partial charge in [-0.25, -0.2) is 0 Å². The molecule has 0 aliphatic carbocycles. The van der Waals surface area contributed by atoms with Gasteiger partial charge >= 0.3 is 5.97 Å². The summed E-state index contributed by atoms with van der Waals surface area (Å²) in [5.41, 5.74) is 0.309. The van der Waals surface area contributed by atoms with Gasteiger partial charge in [-0.2, -0.15) is 0 Å². The molecule has 0 unspecified atom stereocenters. The molecule has 1 aromatic heterocycles. The van der Waals surface area contributed by atoms with E-state index in [1.54, 1.807) is 18.2 Å². The van der Waals surface area contributed by atoms with E-state index in [1.165, 1.54) is 24.3 Å². The molecule has 126 valence electrons. The lowest BCUT2D eigenvalue weighted by Crippen LogP contribution is -2.10. The Morgan fingerprint density at radius 1 is 1.20 bits per heavy atom. The van der Waals surface area contributed by atoms with Crippen LogP contribution in [-0.2, 0) is 11.2 Å². The number of fused-ring (bicyclic) bond motifs is 1. The van der Waals surface area contributed by atoms with Gasteiger partial charge in [0.25, 0.3) is 5.69 Å². The number of rotatable bonds is 5. The van der Waals surface area contributed by atoms with Crippen LogP contribution in [0.3, 0.4) is 0 Å². The molecule has 0 saturated carbocycles. The summed E-state index contributed by atoms with van der Waals surface area (Å²) in [6.45, 7) is 0. The first kappa shape index (κ1) is 16.7. The van der Waals surface area contributed by atoms with E-state index in [-0.39, 0.29) is 22.5 Å². The minimum Gasteiger partial charge on any atom is -0.481 e. The van der Waals surface area contributed by atoms with Crippen LogP contribution in [0.2, 0.25) is 5.02 Å². The van der Waals surface area contributed by atoms with Crippen molar-refractivity contribution >= 4 is 39.9 Å². The van der Waals surface area contributed by atoms with Crippen LogP contribution in [0.25, 0.3) is 10.9 Å². The number of nitro benzene ring substituents is 1. The Morgan fingerprint density at radius 2 is 1.92 bits per heavy atom. The van der Waals surface area contributed by atoms with Crippen molar-refractivity contribution in [3.63, 3.8) is 0 Å². The van der Waals surface area contributed by atoms with Gasteiger partial charge in [0.1, 0.15) is 5.56 Å². The largest absolute Gasteiger partial charge is 0.481 e. The summed E-state index contributed by atoms with van der Waals surface area (Å²) in [5, 5.41) is 21.3. The van der Waals surface area contributed by atoms with Crippen LogP contribution in [0.4, 0.5) is 5.69 Å². The fourth-order valence-electron chi connectivity index (χ4n) is 2.72. The number of carbonyl (C=O) groups is 2. The first-order valence-corrected chi connectivity index (χ1v) is 7.56. The minimum atomic E-state index is -1.12. The van der Waals surface area contributed by atoms with Gasteiger partial charge in [-0.1, -0.05) is 29.8 Å². The monoisotopic (exact) mass is 358 g/mol. The van der Waals surface area contributed by atoms with Crippen molar-refractivity contribution in [1.29, 1.82) is 0 Å². The third-order valence-electron chi connectivity index (χ3n) is 3.77. The summed E-state index contributed by atoms with van der Waals surface area (Å²) in [5.74, 6) is -1.76. The predicted molar refractivity (Wildman–Crippen MR) is 91.2 cm³/mol. The molecule has 2 N–H and O–H groups in total. The highest BCUT2D eigenvalue weighted by Gasteiger charge is 2.26. The van der Waals surface area contributed by atoms with Crippen LogP contribution < -0.4 is 0 Å². The zero-order valence-electron chi connectivity index (χ0n) is 12.7. The number of benzene rings is 2. The second kappa shape index (κ2) is 6.37. The minimum absolute atomic E-state index is 0.00830. The molecular formula is C17H11ClN2O5. The van der Waals surface area contributed by atoms with Gasteiger partial charge in [-0.15, -0.1) is 0 Å². The number of hydrogen-bond donors (Lipinski definition) is 2. The van der Waals surface area contributed by atoms with Gasteiger partial charge < -0.3 is 10.1 Å². The number of carboxylic acids is 1. The maximum atomic E-state index is 12.9. The zero-order valence-corrected chi connectivity index (χ0v) is 13.4. The fourth-order valence-corrected chi connectivity index (χ4v) is 2.89. The number of para-hydroxylation sites is 1. The third-order valence-corrected chi connectivity index (χ3v) is 4.00. The fraction of sp³-hybridized carbons (Fsp3) is 0.0588. The van der Waals surface area contributed by atoms with E-state index in [2.05, 4.69) is 4.98 Å². The number of carbonyl (C=O) groups excluding carboxylic acids is 1. The average molecular weight is 359 g/mol. The van der Waals surface area contributed by atoms with Crippen LogP contribution >= 0.6 is 11.6 Å². The molecule has 7 nitrogen and oxygen atoms in total. The number of nitrogens with zero attached hydrogens (tertiary/aromatic N) is 1. The van der Waals surface area contributed by atoms with Crippen LogP contribution in [0.1, 0.15) is 21.6 Å². The molecule has 2 aromatic carbocycles. The number of halogens is 1. The number of aromatic amines is 1. The van der Waals surface area contributed by atoms with Gasteiger partial charge in [0.2, 0.25) is 5.78 Å². The standard InChI is InChI=1S/C17H11ClN2O5/c18-9-5-6-10-12(8-15(21)22)16(19-13(10)7-9)17(23)11-3-1-2-4-14(11)20(24)25/h1-7,19H,8H2,(H,21,22). The van der Waals surface area contributed by atoms with Crippen molar-refractivity contribution in [3.05, 3.63) is 74.4 Å². The molecule has 0 radical (unpaired) electrons. The number of aliphatic carboxylic acids is 1. The molecule has 0 aliphatic heterocycles. The van der Waals surface area contributed by atoms with Crippen molar-refractivity contribution in [2.45, 2.75) is 6.42 Å².